The molecule has 4 N–H and O–H groups in total. The molecule has 0 saturated carbocycles. The van der Waals surface area contributed by atoms with Gasteiger partial charge in [0, 0.05) is 59.2 Å². The number of aromatic amines is 2. The van der Waals surface area contributed by atoms with E-state index < -0.39 is 24.1 Å². The number of carbonyl (C=O) groups excluding carboxylic acids is 2. The highest BCUT2D eigenvalue weighted by molar-refractivity contribution is 6.29. The molecule has 10 rings (SSSR count). The van der Waals surface area contributed by atoms with Crippen LogP contribution >= 0.6 is 0 Å². The number of H-pyrrole nitrogens is 2. The van der Waals surface area contributed by atoms with E-state index in [1.165, 1.54) is 56.6 Å². The molecule has 390 valence electrons. The van der Waals surface area contributed by atoms with Gasteiger partial charge in [0.2, 0.25) is 11.1 Å². The molecule has 0 amide bonds. The molecule has 76 heavy (non-hydrogen) atoms. The Morgan fingerprint density at radius 1 is 0.487 bits per heavy atom. The number of aromatic nitrogens is 2. The molecule has 6 aromatic carbocycles. The van der Waals surface area contributed by atoms with Gasteiger partial charge in [-0.1, -0.05) is 125 Å². The lowest BCUT2D eigenvalue weighted by Gasteiger charge is -2.25. The zero-order valence-electron chi connectivity index (χ0n) is 43.8. The van der Waals surface area contributed by atoms with Crippen molar-refractivity contribution in [1.82, 2.24) is 20.6 Å². The first kappa shape index (κ1) is 51.7. The van der Waals surface area contributed by atoms with Crippen molar-refractivity contribution in [1.29, 1.82) is 0 Å². The van der Waals surface area contributed by atoms with E-state index in [-0.39, 0.29) is 49.5 Å². The molecule has 0 fully saturated rings. The largest absolute Gasteiger partial charge is 0.487 e. The second-order valence-electron chi connectivity index (χ2n) is 20.1. The third-order valence-corrected chi connectivity index (χ3v) is 15.2. The van der Waals surface area contributed by atoms with Crippen LogP contribution in [0.4, 0.5) is 0 Å². The topological polar surface area (TPSA) is 161 Å². The van der Waals surface area contributed by atoms with Crippen molar-refractivity contribution >= 4 is 33.7 Å². The van der Waals surface area contributed by atoms with E-state index in [0.29, 0.717) is 44.4 Å². The van der Waals surface area contributed by atoms with Crippen molar-refractivity contribution < 1.29 is 28.5 Å². The molecular weight excluding hydrogens is 953 g/mol. The lowest BCUT2D eigenvalue weighted by Crippen LogP contribution is -2.37. The molecule has 2 aliphatic rings. The highest BCUT2D eigenvalue weighted by Gasteiger charge is 2.32. The fourth-order valence-corrected chi connectivity index (χ4v) is 11.3. The summed E-state index contributed by atoms with van der Waals surface area (Å²) in [5.74, 6) is -1.46. The van der Waals surface area contributed by atoms with Crippen molar-refractivity contribution in [3.63, 3.8) is 0 Å². The third kappa shape index (κ3) is 11.5. The molecule has 0 bridgehead atoms. The van der Waals surface area contributed by atoms with E-state index in [4.69, 9.17) is 18.9 Å². The van der Waals surface area contributed by atoms with Crippen LogP contribution in [0.5, 0.6) is 11.5 Å². The first-order valence-electron chi connectivity index (χ1n) is 26.9. The average molecular weight is 1020 g/mol. The van der Waals surface area contributed by atoms with Crippen molar-refractivity contribution in [2.24, 2.45) is 0 Å². The first-order valence-corrected chi connectivity index (χ1v) is 26.9. The lowest BCUT2D eigenvalue weighted by molar-refractivity contribution is -0.174. The third-order valence-electron chi connectivity index (χ3n) is 15.2. The zero-order valence-corrected chi connectivity index (χ0v) is 43.8. The van der Waals surface area contributed by atoms with E-state index in [1.54, 1.807) is 24.3 Å². The summed E-state index contributed by atoms with van der Waals surface area (Å²) in [6.45, 7) is 9.58. The minimum Gasteiger partial charge on any atom is -0.487 e. The van der Waals surface area contributed by atoms with Crippen LogP contribution in [-0.2, 0) is 83.6 Å². The summed E-state index contributed by atoms with van der Waals surface area (Å²) in [6.07, 6.45) is 5.01. The minimum absolute atomic E-state index is 0.0400. The summed E-state index contributed by atoms with van der Waals surface area (Å²) >= 11 is 0. The number of nitrogens with one attached hydrogen (secondary N) is 4. The number of aryl methyl sites for hydroxylation is 4. The smallest absolute Gasteiger partial charge is 0.418 e. The Kier molecular flexibility index (Phi) is 15.9. The Morgan fingerprint density at radius 2 is 0.842 bits per heavy atom. The predicted octanol–water partition coefficient (Wildman–Crippen LogP) is 10.2. The Labute approximate surface area is 443 Å². The standard InChI is InChI=1S/C64H66N4O8/c1-5-41-27-45-31-49(32-46(45)28-42(41)6-2)65-35-57(51-19-23-55(61-53(51)21-25-59(69)67-61)73-37-39-15-11-9-12-16-39)75-63(71)64(72)76-58(36-66-50-33-47-29-43(7-3)44(8-4)30-48(47)34-50)52-20-24-56(62-54(52)22-26-60(70)68-62)74-38-40-17-13-10-14-18-40/h9-30,49-50,57-58,65-66H,5-8,31-38H2,1-4H3,(H,67,69)(H,68,70)/t57-,58-/m0/s1. The van der Waals surface area contributed by atoms with Crippen LogP contribution < -0.4 is 31.2 Å². The number of ether oxygens (including phenoxy) is 4. The van der Waals surface area contributed by atoms with Gasteiger partial charge in [-0.25, -0.2) is 9.59 Å². The number of hydrogen-bond donors (Lipinski definition) is 4. The van der Waals surface area contributed by atoms with E-state index in [0.717, 1.165) is 62.5 Å². The monoisotopic (exact) mass is 1020 g/mol. The van der Waals surface area contributed by atoms with Crippen LogP contribution in [0.3, 0.4) is 0 Å². The fraction of sp³-hybridized carbons (Fsp3) is 0.312. The van der Waals surface area contributed by atoms with Gasteiger partial charge < -0.3 is 39.5 Å². The summed E-state index contributed by atoms with van der Waals surface area (Å²) in [6, 6.07) is 42.3. The van der Waals surface area contributed by atoms with Crippen molar-refractivity contribution in [2.75, 3.05) is 13.1 Å². The fourth-order valence-electron chi connectivity index (χ4n) is 11.3. The van der Waals surface area contributed by atoms with Gasteiger partial charge in [0.15, 0.2) is 0 Å². The van der Waals surface area contributed by atoms with Crippen LogP contribution in [-0.4, -0.2) is 47.1 Å². The molecular formula is C64H66N4O8. The normalized spacial score (nSPS) is 14.1. The molecule has 0 spiro atoms. The van der Waals surface area contributed by atoms with Crippen molar-refractivity contribution in [2.45, 2.75) is 117 Å². The highest BCUT2D eigenvalue weighted by atomic mass is 16.6. The molecule has 8 aromatic rings. The van der Waals surface area contributed by atoms with Crippen LogP contribution in [0.25, 0.3) is 21.8 Å². The van der Waals surface area contributed by atoms with Gasteiger partial charge in [-0.15, -0.1) is 0 Å². The van der Waals surface area contributed by atoms with Gasteiger partial charge in [-0.3, -0.25) is 9.59 Å². The van der Waals surface area contributed by atoms with E-state index in [1.807, 2.05) is 72.8 Å². The van der Waals surface area contributed by atoms with E-state index in [9.17, 15) is 19.2 Å². The summed E-state index contributed by atoms with van der Waals surface area (Å²) in [5, 5.41) is 8.58. The minimum atomic E-state index is -1.18. The summed E-state index contributed by atoms with van der Waals surface area (Å²) in [4.78, 5) is 60.9. The number of hydrogen-bond acceptors (Lipinski definition) is 10. The number of esters is 2. The Morgan fingerprint density at radius 3 is 1.18 bits per heavy atom. The number of rotatable bonds is 20. The van der Waals surface area contributed by atoms with Crippen LogP contribution in [0.2, 0.25) is 0 Å². The summed E-state index contributed by atoms with van der Waals surface area (Å²) < 4.78 is 25.2. The second-order valence-corrected chi connectivity index (χ2v) is 20.1. The number of pyridine rings is 2. The molecule has 2 atom stereocenters. The molecule has 0 radical (unpaired) electrons. The maximum atomic E-state index is 14.5. The van der Waals surface area contributed by atoms with Gasteiger partial charge in [0.25, 0.3) is 0 Å². The lowest BCUT2D eigenvalue weighted by atomic mass is 9.97. The maximum Gasteiger partial charge on any atom is 0.418 e. The molecule has 12 heteroatoms. The van der Waals surface area contributed by atoms with Crippen LogP contribution in [0.15, 0.2) is 143 Å². The number of benzene rings is 6. The highest BCUT2D eigenvalue weighted by Crippen LogP contribution is 2.36. The summed E-state index contributed by atoms with van der Waals surface area (Å²) in [7, 11) is 0. The molecule has 0 saturated heterocycles. The van der Waals surface area contributed by atoms with Crippen molar-refractivity contribution in [3.05, 3.63) is 221 Å². The van der Waals surface area contributed by atoms with Gasteiger partial charge in [-0.05, 0) is 131 Å². The molecule has 0 aliphatic heterocycles. The predicted molar refractivity (Wildman–Crippen MR) is 297 cm³/mol. The molecule has 2 aliphatic carbocycles. The number of fused-ring (bicyclic) bond motifs is 4. The summed E-state index contributed by atoms with van der Waals surface area (Å²) in [5.41, 5.74) is 13.9. The van der Waals surface area contributed by atoms with Crippen LogP contribution in [0.1, 0.15) is 107 Å². The Bertz CT molecular complexity index is 3220. The first-order chi connectivity index (χ1) is 37.1. The quantitative estimate of drug-likeness (QED) is 0.0427. The van der Waals surface area contributed by atoms with Gasteiger partial charge in [0.05, 0.1) is 11.0 Å². The molecule has 0 unspecified atom stereocenters. The van der Waals surface area contributed by atoms with Crippen molar-refractivity contribution in [3.8, 4) is 11.5 Å². The average Bonchev–Trinajstić information content (AvgIpc) is 4.05. The van der Waals surface area contributed by atoms with E-state index in [2.05, 4.69) is 72.6 Å². The van der Waals surface area contributed by atoms with Gasteiger partial charge >= 0.3 is 11.9 Å². The Hall–Kier alpha value is -7.80. The molecule has 12 nitrogen and oxygen atoms in total. The number of carbonyl (C=O) groups is 2. The second kappa shape index (κ2) is 23.4. The molecule has 2 aromatic heterocycles. The Balaban J connectivity index is 0.952. The van der Waals surface area contributed by atoms with Gasteiger partial charge in [-0.2, -0.15) is 0 Å². The van der Waals surface area contributed by atoms with E-state index >= 15 is 0 Å². The molecule has 2 heterocycles. The van der Waals surface area contributed by atoms with Crippen LogP contribution in [0, 0.1) is 0 Å². The zero-order chi connectivity index (χ0) is 52.7. The van der Waals surface area contributed by atoms with Gasteiger partial charge in [0.1, 0.15) is 36.9 Å². The maximum absolute atomic E-state index is 14.5. The SMILES string of the molecule is CCc1cc2c(cc1CC)CC(NC[C@H](OC(=O)C(=O)O[C@@H](CNC1Cc3cc(CC)c(CC)cc3C1)c1ccc(OCc3ccccc3)c3[nH]c(=O)ccc13)c1ccc(OCc3ccccc3)c3[nH]c(=O)ccc13)C2.